The lowest BCUT2D eigenvalue weighted by Crippen LogP contribution is -2.51. The van der Waals surface area contributed by atoms with E-state index in [4.69, 9.17) is 14.2 Å². The molecule has 29 heavy (non-hydrogen) atoms. The van der Waals surface area contributed by atoms with Crippen molar-refractivity contribution in [2.75, 3.05) is 6.61 Å². The molecule has 0 saturated carbocycles. The SMILES string of the molecule is CCCC(CCC)C(=O)OC[C@H]1OC(OC(=O)C(CCC)CCC)C[C@@H](O)[C@@H]1O. The van der Waals surface area contributed by atoms with Crippen LogP contribution in [0.5, 0.6) is 0 Å². The molecule has 0 aromatic heterocycles. The zero-order valence-electron chi connectivity index (χ0n) is 18.5. The van der Waals surface area contributed by atoms with Gasteiger partial charge in [-0.25, -0.2) is 0 Å². The highest BCUT2D eigenvalue weighted by atomic mass is 16.7. The Morgan fingerprint density at radius 1 is 0.897 bits per heavy atom. The first-order valence-electron chi connectivity index (χ1n) is 11.3. The normalized spacial score (nSPS) is 24.7. The standard InChI is InChI=1S/C22H40O7/c1-5-9-15(10-6-2)21(25)27-14-18-20(24)17(23)13-19(28-18)29-22(26)16(11-7-3)12-8-4/h15-20,23-24H,5-14H2,1-4H3/t17-,18-,19?,20+/m1/s1. The van der Waals surface area contributed by atoms with Gasteiger partial charge < -0.3 is 24.4 Å². The summed E-state index contributed by atoms with van der Waals surface area (Å²) in [6.07, 6.45) is 2.30. The van der Waals surface area contributed by atoms with Crippen LogP contribution in [0.4, 0.5) is 0 Å². The average molecular weight is 417 g/mol. The van der Waals surface area contributed by atoms with Crippen LogP contribution in [0, 0.1) is 11.8 Å². The van der Waals surface area contributed by atoms with E-state index in [0.29, 0.717) is 0 Å². The monoisotopic (exact) mass is 416 g/mol. The zero-order valence-corrected chi connectivity index (χ0v) is 18.5. The number of carbonyl (C=O) groups excluding carboxylic acids is 2. The van der Waals surface area contributed by atoms with E-state index in [-0.39, 0.29) is 36.8 Å². The van der Waals surface area contributed by atoms with E-state index in [1.54, 1.807) is 0 Å². The quantitative estimate of drug-likeness (QED) is 0.444. The molecule has 0 spiro atoms. The summed E-state index contributed by atoms with van der Waals surface area (Å²) in [6, 6.07) is 0. The molecule has 0 aliphatic carbocycles. The summed E-state index contributed by atoms with van der Waals surface area (Å²) < 4.78 is 16.5. The van der Waals surface area contributed by atoms with Crippen molar-refractivity contribution in [3.63, 3.8) is 0 Å². The van der Waals surface area contributed by atoms with Gasteiger partial charge in [0.05, 0.1) is 17.9 Å². The van der Waals surface area contributed by atoms with E-state index in [0.717, 1.165) is 51.4 Å². The molecule has 2 N–H and O–H groups in total. The number of aliphatic hydroxyl groups excluding tert-OH is 2. The molecule has 1 aliphatic rings. The maximum atomic E-state index is 12.5. The third kappa shape index (κ3) is 8.60. The third-order valence-corrected chi connectivity index (χ3v) is 5.39. The third-order valence-electron chi connectivity index (χ3n) is 5.39. The van der Waals surface area contributed by atoms with Crippen LogP contribution in [0.3, 0.4) is 0 Å². The van der Waals surface area contributed by atoms with Gasteiger partial charge in [-0.3, -0.25) is 9.59 Å². The van der Waals surface area contributed by atoms with E-state index in [9.17, 15) is 19.8 Å². The van der Waals surface area contributed by atoms with Crippen molar-refractivity contribution in [1.29, 1.82) is 0 Å². The Balaban J connectivity index is 2.64. The van der Waals surface area contributed by atoms with Gasteiger partial charge in [-0.15, -0.1) is 0 Å². The Bertz CT molecular complexity index is 470. The Morgan fingerprint density at radius 2 is 1.38 bits per heavy atom. The highest BCUT2D eigenvalue weighted by Crippen LogP contribution is 2.25. The van der Waals surface area contributed by atoms with Crippen molar-refractivity contribution in [2.45, 2.75) is 110 Å². The number of ether oxygens (including phenoxy) is 3. The van der Waals surface area contributed by atoms with E-state index in [2.05, 4.69) is 0 Å². The number of aliphatic hydroxyl groups is 2. The van der Waals surface area contributed by atoms with Crippen LogP contribution in [0.15, 0.2) is 0 Å². The Hall–Kier alpha value is -1.18. The fourth-order valence-electron chi connectivity index (χ4n) is 3.79. The highest BCUT2D eigenvalue weighted by molar-refractivity contribution is 5.72. The van der Waals surface area contributed by atoms with E-state index >= 15 is 0 Å². The largest absolute Gasteiger partial charge is 0.463 e. The molecule has 4 atom stereocenters. The molecule has 0 radical (unpaired) electrons. The minimum absolute atomic E-state index is 0.00336. The van der Waals surface area contributed by atoms with Gasteiger partial charge in [0, 0.05) is 6.42 Å². The van der Waals surface area contributed by atoms with Crippen LogP contribution >= 0.6 is 0 Å². The van der Waals surface area contributed by atoms with E-state index in [1.807, 2.05) is 27.7 Å². The van der Waals surface area contributed by atoms with Crippen LogP contribution < -0.4 is 0 Å². The minimum Gasteiger partial charge on any atom is -0.463 e. The Morgan fingerprint density at radius 3 is 1.86 bits per heavy atom. The van der Waals surface area contributed by atoms with Crippen molar-refractivity contribution >= 4 is 11.9 Å². The van der Waals surface area contributed by atoms with Gasteiger partial charge >= 0.3 is 11.9 Å². The first kappa shape index (κ1) is 25.9. The molecule has 0 aromatic rings. The second-order valence-corrected chi connectivity index (χ2v) is 8.01. The van der Waals surface area contributed by atoms with Gasteiger partial charge in [-0.05, 0) is 25.7 Å². The second-order valence-electron chi connectivity index (χ2n) is 8.01. The highest BCUT2D eigenvalue weighted by Gasteiger charge is 2.40. The van der Waals surface area contributed by atoms with Crippen molar-refractivity contribution in [3.05, 3.63) is 0 Å². The predicted octanol–water partition coefficient (Wildman–Crippen LogP) is 3.34. The summed E-state index contributed by atoms with van der Waals surface area (Å²) in [4.78, 5) is 24.8. The molecule has 1 aliphatic heterocycles. The molecule has 1 fully saturated rings. The van der Waals surface area contributed by atoms with Crippen LogP contribution in [0.25, 0.3) is 0 Å². The average Bonchev–Trinajstić information content (AvgIpc) is 2.68. The summed E-state index contributed by atoms with van der Waals surface area (Å²) >= 11 is 0. The molecule has 0 amide bonds. The zero-order chi connectivity index (χ0) is 21.8. The summed E-state index contributed by atoms with van der Waals surface area (Å²) in [5.41, 5.74) is 0. The Kier molecular flexibility index (Phi) is 12.4. The fourth-order valence-corrected chi connectivity index (χ4v) is 3.79. The van der Waals surface area contributed by atoms with E-state index < -0.39 is 24.6 Å². The number of hydrogen-bond donors (Lipinski definition) is 2. The lowest BCUT2D eigenvalue weighted by molar-refractivity contribution is -0.255. The van der Waals surface area contributed by atoms with Gasteiger partial charge in [0.15, 0.2) is 0 Å². The van der Waals surface area contributed by atoms with Crippen LogP contribution in [0.1, 0.15) is 85.5 Å². The summed E-state index contributed by atoms with van der Waals surface area (Å²) in [7, 11) is 0. The number of carbonyl (C=O) groups is 2. The predicted molar refractivity (Wildman–Crippen MR) is 109 cm³/mol. The molecule has 1 heterocycles. The van der Waals surface area contributed by atoms with Crippen LogP contribution in [0.2, 0.25) is 0 Å². The number of esters is 2. The topological polar surface area (TPSA) is 102 Å². The molecular formula is C22H40O7. The second kappa shape index (κ2) is 13.9. The first-order chi connectivity index (χ1) is 13.9. The summed E-state index contributed by atoms with van der Waals surface area (Å²) in [5, 5.41) is 20.4. The Labute approximate surface area is 175 Å². The molecule has 170 valence electrons. The molecule has 7 nitrogen and oxygen atoms in total. The molecule has 0 bridgehead atoms. The van der Waals surface area contributed by atoms with Gasteiger partial charge in [0.25, 0.3) is 0 Å². The molecule has 7 heteroatoms. The molecule has 0 aromatic carbocycles. The molecule has 1 saturated heterocycles. The molecular weight excluding hydrogens is 376 g/mol. The number of hydrogen-bond acceptors (Lipinski definition) is 7. The summed E-state index contributed by atoms with van der Waals surface area (Å²) in [6.45, 7) is 7.89. The van der Waals surface area contributed by atoms with Crippen LogP contribution in [-0.2, 0) is 23.8 Å². The van der Waals surface area contributed by atoms with Gasteiger partial charge in [0.1, 0.15) is 18.8 Å². The van der Waals surface area contributed by atoms with Gasteiger partial charge in [-0.1, -0.05) is 53.4 Å². The lowest BCUT2D eigenvalue weighted by atomic mass is 9.98. The first-order valence-corrected chi connectivity index (χ1v) is 11.3. The van der Waals surface area contributed by atoms with Gasteiger partial charge in [0.2, 0.25) is 6.29 Å². The number of rotatable bonds is 13. The van der Waals surface area contributed by atoms with Crippen molar-refractivity contribution in [3.8, 4) is 0 Å². The smallest absolute Gasteiger partial charge is 0.311 e. The van der Waals surface area contributed by atoms with Gasteiger partial charge in [-0.2, -0.15) is 0 Å². The summed E-state index contributed by atoms with van der Waals surface area (Å²) in [5.74, 6) is -1.03. The van der Waals surface area contributed by atoms with E-state index in [1.165, 1.54) is 0 Å². The fraction of sp³-hybridized carbons (Fsp3) is 0.909. The maximum absolute atomic E-state index is 12.5. The van der Waals surface area contributed by atoms with Crippen LogP contribution in [-0.4, -0.2) is 53.4 Å². The van der Waals surface area contributed by atoms with Crippen molar-refractivity contribution in [1.82, 2.24) is 0 Å². The molecule has 1 unspecified atom stereocenters. The van der Waals surface area contributed by atoms with Crippen molar-refractivity contribution in [2.24, 2.45) is 11.8 Å². The lowest BCUT2D eigenvalue weighted by Gasteiger charge is -2.36. The minimum atomic E-state index is -1.20. The van der Waals surface area contributed by atoms with Crippen molar-refractivity contribution < 1.29 is 34.0 Å². The molecule has 1 rings (SSSR count). The maximum Gasteiger partial charge on any atom is 0.311 e.